The molecule has 0 radical (unpaired) electrons. The molecule has 0 unspecified atom stereocenters. The van der Waals surface area contributed by atoms with Gasteiger partial charge in [0.15, 0.2) is 5.78 Å². The van der Waals surface area contributed by atoms with Crippen molar-refractivity contribution in [3.05, 3.63) is 0 Å². The lowest BCUT2D eigenvalue weighted by atomic mass is 10.5. The number of carbonyl (C=O) groups excluding carboxylic acids is 1. The van der Waals surface area contributed by atoms with Gasteiger partial charge in [-0.05, 0) is 6.92 Å². The Balaban J connectivity index is 0. The zero-order valence-electron chi connectivity index (χ0n) is 11.1. The molecule has 7 nitrogen and oxygen atoms in total. The van der Waals surface area contributed by atoms with E-state index in [1.54, 1.807) is 7.11 Å². The number of aliphatic carboxylic acids is 1. The second kappa shape index (κ2) is 16.0. The molecule has 0 atom stereocenters. The lowest BCUT2D eigenvalue weighted by Crippen LogP contribution is -2.10. The van der Waals surface area contributed by atoms with Gasteiger partial charge < -0.3 is 24.1 Å². The summed E-state index contributed by atoms with van der Waals surface area (Å²) in [6.45, 7) is 3.26. The number of rotatable bonds is 10. The average molecular weight is 266 g/mol. The van der Waals surface area contributed by atoms with E-state index in [2.05, 4.69) is 14.2 Å². The molecule has 0 heterocycles. The second-order valence-corrected chi connectivity index (χ2v) is 3.19. The summed E-state index contributed by atoms with van der Waals surface area (Å²) in [6, 6.07) is 0. The van der Waals surface area contributed by atoms with Gasteiger partial charge in [0.2, 0.25) is 0 Å². The van der Waals surface area contributed by atoms with Crippen LogP contribution in [0, 0.1) is 0 Å². The number of ketones is 1. The van der Waals surface area contributed by atoms with Crippen LogP contribution in [0.4, 0.5) is 0 Å². The monoisotopic (exact) mass is 266 g/mol. The number of carbonyl (C=O) groups is 2. The molecule has 0 amide bonds. The fourth-order valence-electron chi connectivity index (χ4n) is 0.660. The minimum Gasteiger partial charge on any atom is -0.480 e. The third-order valence-electron chi connectivity index (χ3n) is 1.39. The van der Waals surface area contributed by atoms with E-state index >= 15 is 0 Å². The van der Waals surface area contributed by atoms with Gasteiger partial charge in [0, 0.05) is 14.2 Å². The Labute approximate surface area is 107 Å². The number of hydrogen-bond donors (Lipinski definition) is 1. The van der Waals surface area contributed by atoms with Crippen molar-refractivity contribution in [1.82, 2.24) is 0 Å². The summed E-state index contributed by atoms with van der Waals surface area (Å²) in [5.41, 5.74) is 0. The van der Waals surface area contributed by atoms with Crippen molar-refractivity contribution in [3.63, 3.8) is 0 Å². The maximum Gasteiger partial charge on any atom is 0.329 e. The minimum absolute atomic E-state index is 0.0473. The minimum atomic E-state index is -0.953. The molecule has 0 saturated heterocycles. The van der Waals surface area contributed by atoms with E-state index in [0.29, 0.717) is 26.4 Å². The molecule has 0 fully saturated rings. The number of Topliss-reactive ketones (excluding diaryl/α,β-unsaturated/α-hetero) is 1. The van der Waals surface area contributed by atoms with Gasteiger partial charge in [-0.2, -0.15) is 0 Å². The highest BCUT2D eigenvalue weighted by atomic mass is 16.5. The van der Waals surface area contributed by atoms with Crippen molar-refractivity contribution in [3.8, 4) is 0 Å². The SMILES string of the molecule is COCCOCC(=O)O.COCCOCC(C)=O. The Morgan fingerprint density at radius 1 is 0.889 bits per heavy atom. The van der Waals surface area contributed by atoms with Crippen molar-refractivity contribution in [2.24, 2.45) is 0 Å². The molecular weight excluding hydrogens is 244 g/mol. The van der Waals surface area contributed by atoms with Crippen LogP contribution in [0.25, 0.3) is 0 Å². The summed E-state index contributed by atoms with van der Waals surface area (Å²) < 4.78 is 18.8. The Kier molecular flexibility index (Phi) is 17.2. The second-order valence-electron chi connectivity index (χ2n) is 3.19. The first-order valence-corrected chi connectivity index (χ1v) is 5.39. The van der Waals surface area contributed by atoms with Crippen molar-refractivity contribution in [1.29, 1.82) is 0 Å². The summed E-state index contributed by atoms with van der Waals surface area (Å²) >= 11 is 0. The third-order valence-corrected chi connectivity index (χ3v) is 1.39. The molecule has 7 heteroatoms. The zero-order chi connectivity index (χ0) is 14.2. The summed E-state index contributed by atoms with van der Waals surface area (Å²) in [4.78, 5) is 20.0. The highest BCUT2D eigenvalue weighted by Crippen LogP contribution is 1.76. The lowest BCUT2D eigenvalue weighted by molar-refractivity contribution is -0.142. The summed E-state index contributed by atoms with van der Waals surface area (Å²) in [7, 11) is 3.13. The Hall–Kier alpha value is -1.02. The van der Waals surface area contributed by atoms with Crippen LogP contribution in [0.5, 0.6) is 0 Å². The fourth-order valence-corrected chi connectivity index (χ4v) is 0.660. The zero-order valence-corrected chi connectivity index (χ0v) is 11.1. The molecule has 0 aliphatic rings. The molecule has 0 spiro atoms. The maximum absolute atomic E-state index is 10.2. The van der Waals surface area contributed by atoms with Crippen LogP contribution >= 0.6 is 0 Å². The van der Waals surface area contributed by atoms with Crippen LogP contribution < -0.4 is 0 Å². The van der Waals surface area contributed by atoms with E-state index in [-0.39, 0.29) is 19.0 Å². The first-order valence-electron chi connectivity index (χ1n) is 5.39. The standard InChI is InChI=1S/C6H12O3.C5H10O4/c1-6(7)5-9-4-3-8-2;1-8-2-3-9-4-5(6)7/h3-5H2,1-2H3;2-4H2,1H3,(H,6,7). The fraction of sp³-hybridized carbons (Fsp3) is 0.818. The molecule has 108 valence electrons. The van der Waals surface area contributed by atoms with E-state index in [4.69, 9.17) is 9.84 Å². The van der Waals surface area contributed by atoms with Gasteiger partial charge in [-0.25, -0.2) is 4.79 Å². The van der Waals surface area contributed by atoms with Gasteiger partial charge in [-0.3, -0.25) is 4.79 Å². The van der Waals surface area contributed by atoms with E-state index in [9.17, 15) is 9.59 Å². The topological polar surface area (TPSA) is 91.3 Å². The molecule has 0 aliphatic carbocycles. The normalized spacial score (nSPS) is 9.50. The molecule has 0 saturated carbocycles. The highest BCUT2D eigenvalue weighted by Gasteiger charge is 1.93. The van der Waals surface area contributed by atoms with Gasteiger partial charge in [-0.1, -0.05) is 0 Å². The molecule has 0 rings (SSSR count). The Morgan fingerprint density at radius 3 is 1.67 bits per heavy atom. The maximum atomic E-state index is 10.2. The Bertz CT molecular complexity index is 184. The Morgan fingerprint density at radius 2 is 1.33 bits per heavy atom. The molecular formula is C11H22O7. The first kappa shape index (κ1) is 19.3. The summed E-state index contributed by atoms with van der Waals surface area (Å²) in [5, 5.41) is 8.05. The number of hydrogen-bond acceptors (Lipinski definition) is 6. The quantitative estimate of drug-likeness (QED) is 0.555. The number of methoxy groups -OCH3 is 2. The van der Waals surface area contributed by atoms with Crippen LogP contribution in [0.15, 0.2) is 0 Å². The van der Waals surface area contributed by atoms with Gasteiger partial charge >= 0.3 is 5.97 Å². The van der Waals surface area contributed by atoms with Crippen molar-refractivity contribution >= 4 is 11.8 Å². The summed E-state index contributed by atoms with van der Waals surface area (Å²) in [6.07, 6.45) is 0. The van der Waals surface area contributed by atoms with E-state index in [1.165, 1.54) is 14.0 Å². The van der Waals surface area contributed by atoms with E-state index in [0.717, 1.165) is 0 Å². The van der Waals surface area contributed by atoms with Crippen molar-refractivity contribution in [2.45, 2.75) is 6.92 Å². The van der Waals surface area contributed by atoms with Crippen molar-refractivity contribution < 1.29 is 33.6 Å². The highest BCUT2D eigenvalue weighted by molar-refractivity contribution is 5.76. The molecule has 0 aromatic carbocycles. The number of carboxylic acids is 1. The largest absolute Gasteiger partial charge is 0.480 e. The predicted molar refractivity (Wildman–Crippen MR) is 63.7 cm³/mol. The van der Waals surface area contributed by atoms with Gasteiger partial charge in [0.25, 0.3) is 0 Å². The van der Waals surface area contributed by atoms with Crippen LogP contribution in [-0.2, 0) is 28.5 Å². The average Bonchev–Trinajstić information content (AvgIpc) is 2.31. The van der Waals surface area contributed by atoms with Gasteiger partial charge in [0.05, 0.1) is 26.4 Å². The molecule has 1 N–H and O–H groups in total. The molecule has 0 aromatic heterocycles. The molecule has 18 heavy (non-hydrogen) atoms. The number of carboxylic acid groups (broad SMARTS) is 1. The van der Waals surface area contributed by atoms with Crippen LogP contribution in [0.3, 0.4) is 0 Å². The molecule has 0 aliphatic heterocycles. The van der Waals surface area contributed by atoms with E-state index < -0.39 is 5.97 Å². The number of ether oxygens (including phenoxy) is 4. The van der Waals surface area contributed by atoms with Crippen molar-refractivity contribution in [2.75, 3.05) is 53.9 Å². The van der Waals surface area contributed by atoms with Crippen LogP contribution in [-0.4, -0.2) is 70.7 Å². The lowest BCUT2D eigenvalue weighted by Gasteiger charge is -1.98. The van der Waals surface area contributed by atoms with Gasteiger partial charge in [-0.15, -0.1) is 0 Å². The van der Waals surface area contributed by atoms with Crippen LogP contribution in [0.2, 0.25) is 0 Å². The first-order chi connectivity index (χ1) is 8.54. The third kappa shape index (κ3) is 24.3. The van der Waals surface area contributed by atoms with E-state index in [1.807, 2.05) is 0 Å². The predicted octanol–water partition coefficient (Wildman–Crippen LogP) is -0.0276. The molecule has 0 bridgehead atoms. The summed E-state index contributed by atoms with van der Waals surface area (Å²) in [5.74, 6) is -0.905. The van der Waals surface area contributed by atoms with Gasteiger partial charge in [0.1, 0.15) is 13.2 Å². The van der Waals surface area contributed by atoms with Crippen LogP contribution in [0.1, 0.15) is 6.92 Å². The molecule has 0 aromatic rings. The smallest absolute Gasteiger partial charge is 0.329 e.